The summed E-state index contributed by atoms with van der Waals surface area (Å²) < 4.78 is 5.44. The Bertz CT molecular complexity index is 586. The van der Waals surface area contributed by atoms with E-state index in [0.29, 0.717) is 18.0 Å². The van der Waals surface area contributed by atoms with Crippen molar-refractivity contribution in [1.82, 2.24) is 15.5 Å². The third-order valence-electron chi connectivity index (χ3n) is 4.61. The van der Waals surface area contributed by atoms with E-state index >= 15 is 0 Å². The number of benzene rings is 1. The van der Waals surface area contributed by atoms with Gasteiger partial charge in [0.2, 0.25) is 0 Å². The zero-order valence-corrected chi connectivity index (χ0v) is 19.0. The number of guanidine groups is 1. The fourth-order valence-corrected chi connectivity index (χ4v) is 3.02. The lowest BCUT2D eigenvalue weighted by Gasteiger charge is -2.24. The molecule has 1 aliphatic rings. The molecule has 1 fully saturated rings. The third-order valence-corrected chi connectivity index (χ3v) is 4.61. The molecule has 27 heavy (non-hydrogen) atoms. The van der Waals surface area contributed by atoms with Crippen molar-refractivity contribution in [3.8, 4) is 0 Å². The SMILES string of the molecule is CCCCNC(=O)c1ccc(CNC(=NC)N(C)CC2CCOC2)cc1.I. The molecule has 1 amide bonds. The molecule has 0 bridgehead atoms. The van der Waals surface area contributed by atoms with Crippen molar-refractivity contribution in [3.63, 3.8) is 0 Å². The van der Waals surface area contributed by atoms with Gasteiger partial charge in [-0.15, -0.1) is 24.0 Å². The van der Waals surface area contributed by atoms with Gasteiger partial charge in [0.1, 0.15) is 0 Å². The molecule has 6 nitrogen and oxygen atoms in total. The number of carbonyl (C=O) groups excluding carboxylic acids is 1. The summed E-state index contributed by atoms with van der Waals surface area (Å²) in [5.41, 5.74) is 1.82. The number of carbonyl (C=O) groups is 1. The summed E-state index contributed by atoms with van der Waals surface area (Å²) in [6.07, 6.45) is 3.20. The molecule has 1 heterocycles. The molecule has 0 aromatic heterocycles. The Balaban J connectivity index is 0.00000364. The maximum atomic E-state index is 12.0. The molecule has 1 aromatic carbocycles. The topological polar surface area (TPSA) is 66.0 Å². The van der Waals surface area contributed by atoms with Gasteiger partial charge in [0, 0.05) is 51.8 Å². The normalized spacial score (nSPS) is 16.6. The van der Waals surface area contributed by atoms with Crippen LogP contribution < -0.4 is 10.6 Å². The van der Waals surface area contributed by atoms with Crippen LogP contribution in [-0.4, -0.2) is 57.2 Å². The first-order valence-electron chi connectivity index (χ1n) is 9.50. The van der Waals surface area contributed by atoms with Crippen LogP contribution >= 0.6 is 24.0 Å². The van der Waals surface area contributed by atoms with Gasteiger partial charge in [0.25, 0.3) is 5.91 Å². The highest BCUT2D eigenvalue weighted by Crippen LogP contribution is 2.13. The number of halogens is 1. The number of ether oxygens (including phenoxy) is 1. The summed E-state index contributed by atoms with van der Waals surface area (Å²) in [6, 6.07) is 7.72. The van der Waals surface area contributed by atoms with Crippen molar-refractivity contribution in [1.29, 1.82) is 0 Å². The molecule has 0 spiro atoms. The number of hydrogen-bond acceptors (Lipinski definition) is 3. The fraction of sp³-hybridized carbons (Fsp3) is 0.600. The Labute approximate surface area is 180 Å². The van der Waals surface area contributed by atoms with Crippen molar-refractivity contribution in [2.45, 2.75) is 32.7 Å². The van der Waals surface area contributed by atoms with Crippen molar-refractivity contribution < 1.29 is 9.53 Å². The molecule has 2 N–H and O–H groups in total. The van der Waals surface area contributed by atoms with Crippen LogP contribution in [0.2, 0.25) is 0 Å². The number of nitrogens with zero attached hydrogens (tertiary/aromatic N) is 2. The largest absolute Gasteiger partial charge is 0.381 e. The van der Waals surface area contributed by atoms with Gasteiger partial charge in [-0.3, -0.25) is 9.79 Å². The predicted octanol–water partition coefficient (Wildman–Crippen LogP) is 2.88. The first kappa shape index (κ1) is 23.7. The van der Waals surface area contributed by atoms with Crippen molar-refractivity contribution in [2.24, 2.45) is 10.9 Å². The van der Waals surface area contributed by atoms with Crippen LogP contribution in [0.3, 0.4) is 0 Å². The molecule has 1 unspecified atom stereocenters. The number of hydrogen-bond donors (Lipinski definition) is 2. The summed E-state index contributed by atoms with van der Waals surface area (Å²) in [7, 11) is 3.85. The predicted molar refractivity (Wildman–Crippen MR) is 121 cm³/mol. The second kappa shape index (κ2) is 12.9. The maximum absolute atomic E-state index is 12.0. The van der Waals surface area contributed by atoms with Crippen LogP contribution in [0.1, 0.15) is 42.1 Å². The second-order valence-corrected chi connectivity index (χ2v) is 6.82. The molecule has 1 saturated heterocycles. The standard InChI is InChI=1S/C20H32N4O2.HI/c1-4-5-11-22-19(25)18-8-6-16(7-9-18)13-23-20(21-2)24(3)14-17-10-12-26-15-17;/h6-9,17H,4-5,10-15H2,1-3H3,(H,21,23)(H,22,25);1H. The molecular formula is C20H33IN4O2. The first-order valence-corrected chi connectivity index (χ1v) is 9.50. The van der Waals surface area contributed by atoms with E-state index in [2.05, 4.69) is 34.5 Å². The average molecular weight is 488 g/mol. The number of aliphatic imine (C=N–C) groups is 1. The van der Waals surface area contributed by atoms with Gasteiger partial charge in [-0.25, -0.2) is 0 Å². The van der Waals surface area contributed by atoms with Gasteiger partial charge >= 0.3 is 0 Å². The Kier molecular flexibility index (Phi) is 11.3. The van der Waals surface area contributed by atoms with Gasteiger partial charge in [-0.05, 0) is 30.5 Å². The Morgan fingerprint density at radius 2 is 2.04 bits per heavy atom. The summed E-state index contributed by atoms with van der Waals surface area (Å²) in [4.78, 5) is 18.5. The molecule has 1 atom stereocenters. The minimum Gasteiger partial charge on any atom is -0.381 e. The van der Waals surface area contributed by atoms with Crippen LogP contribution in [0.4, 0.5) is 0 Å². The summed E-state index contributed by atoms with van der Waals surface area (Å²) in [6.45, 7) is 6.16. The van der Waals surface area contributed by atoms with Crippen molar-refractivity contribution >= 4 is 35.8 Å². The Morgan fingerprint density at radius 3 is 2.63 bits per heavy atom. The first-order chi connectivity index (χ1) is 12.6. The molecule has 152 valence electrons. The van der Waals surface area contributed by atoms with E-state index < -0.39 is 0 Å². The molecule has 0 saturated carbocycles. The van der Waals surface area contributed by atoms with E-state index in [1.165, 1.54) is 0 Å². The average Bonchev–Trinajstić information content (AvgIpc) is 3.16. The van der Waals surface area contributed by atoms with E-state index in [9.17, 15) is 4.79 Å². The number of nitrogens with one attached hydrogen (secondary N) is 2. The summed E-state index contributed by atoms with van der Waals surface area (Å²) >= 11 is 0. The van der Waals surface area contributed by atoms with Gasteiger partial charge in [0.05, 0.1) is 6.61 Å². The molecule has 7 heteroatoms. The van der Waals surface area contributed by atoms with E-state index in [-0.39, 0.29) is 29.9 Å². The smallest absolute Gasteiger partial charge is 0.251 e. The maximum Gasteiger partial charge on any atom is 0.251 e. The van der Waals surface area contributed by atoms with Gasteiger partial charge < -0.3 is 20.3 Å². The fourth-order valence-electron chi connectivity index (χ4n) is 3.02. The number of rotatable bonds is 8. The molecule has 0 radical (unpaired) electrons. The molecule has 1 aromatic rings. The minimum absolute atomic E-state index is 0. The number of unbranched alkanes of at least 4 members (excludes halogenated alkanes) is 1. The van der Waals surface area contributed by atoms with Gasteiger partial charge in [-0.2, -0.15) is 0 Å². The quantitative estimate of drug-likeness (QED) is 0.256. The Hall–Kier alpha value is -1.35. The van der Waals surface area contributed by atoms with E-state index in [0.717, 1.165) is 57.1 Å². The van der Waals surface area contributed by atoms with Crippen LogP contribution in [0, 0.1) is 5.92 Å². The highest BCUT2D eigenvalue weighted by molar-refractivity contribution is 14.0. The molecule has 2 rings (SSSR count). The highest BCUT2D eigenvalue weighted by atomic mass is 127. The summed E-state index contributed by atoms with van der Waals surface area (Å²) in [5, 5.41) is 6.32. The zero-order chi connectivity index (χ0) is 18.8. The molecule has 0 aliphatic carbocycles. The monoisotopic (exact) mass is 488 g/mol. The summed E-state index contributed by atoms with van der Waals surface area (Å²) in [5.74, 6) is 1.44. The minimum atomic E-state index is -0.00714. The molecule has 1 aliphatic heterocycles. The Morgan fingerprint density at radius 1 is 1.30 bits per heavy atom. The second-order valence-electron chi connectivity index (χ2n) is 6.82. The highest BCUT2D eigenvalue weighted by Gasteiger charge is 2.19. The lowest BCUT2D eigenvalue weighted by Crippen LogP contribution is -2.41. The van der Waals surface area contributed by atoms with Crippen LogP contribution in [0.15, 0.2) is 29.3 Å². The lowest BCUT2D eigenvalue weighted by atomic mass is 10.1. The zero-order valence-electron chi connectivity index (χ0n) is 16.7. The lowest BCUT2D eigenvalue weighted by molar-refractivity contribution is 0.0953. The number of amides is 1. The van der Waals surface area contributed by atoms with Crippen molar-refractivity contribution in [2.75, 3.05) is 40.4 Å². The van der Waals surface area contributed by atoms with Gasteiger partial charge in [0.15, 0.2) is 5.96 Å². The van der Waals surface area contributed by atoms with Crippen LogP contribution in [0.5, 0.6) is 0 Å². The van der Waals surface area contributed by atoms with E-state index in [1.54, 1.807) is 7.05 Å². The van der Waals surface area contributed by atoms with Gasteiger partial charge in [-0.1, -0.05) is 25.5 Å². The van der Waals surface area contributed by atoms with Crippen molar-refractivity contribution in [3.05, 3.63) is 35.4 Å². The van der Waals surface area contributed by atoms with E-state index in [4.69, 9.17) is 4.74 Å². The van der Waals surface area contributed by atoms with Crippen LogP contribution in [0.25, 0.3) is 0 Å². The van der Waals surface area contributed by atoms with Crippen LogP contribution in [-0.2, 0) is 11.3 Å². The molecular weight excluding hydrogens is 455 g/mol. The van der Waals surface area contributed by atoms with E-state index in [1.807, 2.05) is 24.3 Å². The third kappa shape index (κ3) is 8.04.